The average molecular weight is 364 g/mol. The van der Waals surface area contributed by atoms with E-state index in [-0.39, 0.29) is 31.5 Å². The van der Waals surface area contributed by atoms with E-state index in [0.29, 0.717) is 12.1 Å². The predicted molar refractivity (Wildman–Crippen MR) is 72.2 cm³/mol. The SMILES string of the molecule is N#C/C(C(=O)c1cc(C(F)(F)F)cc(C(F)(F)F)c1)=C1\COCCN1. The number of halogens is 6. The van der Waals surface area contributed by atoms with Gasteiger partial charge in [0.2, 0.25) is 5.78 Å². The molecule has 0 aliphatic carbocycles. The second-order valence-corrected chi connectivity index (χ2v) is 5.07. The van der Waals surface area contributed by atoms with Crippen molar-refractivity contribution in [2.75, 3.05) is 19.8 Å². The van der Waals surface area contributed by atoms with Crippen LogP contribution >= 0.6 is 0 Å². The number of hydrogen-bond donors (Lipinski definition) is 1. The lowest BCUT2D eigenvalue weighted by Gasteiger charge is -2.19. The molecule has 1 aliphatic heterocycles. The maximum Gasteiger partial charge on any atom is 0.416 e. The second-order valence-electron chi connectivity index (χ2n) is 5.07. The number of ether oxygens (including phenoxy) is 1. The second kappa shape index (κ2) is 6.76. The first-order chi connectivity index (χ1) is 11.5. The predicted octanol–water partition coefficient (Wildman–Crippen LogP) is 3.30. The van der Waals surface area contributed by atoms with Gasteiger partial charge in [-0.1, -0.05) is 0 Å². The number of carbonyl (C=O) groups is 1. The van der Waals surface area contributed by atoms with Gasteiger partial charge in [-0.3, -0.25) is 4.79 Å². The molecule has 0 saturated carbocycles. The minimum absolute atomic E-state index is 0.0183. The van der Waals surface area contributed by atoms with Crippen molar-refractivity contribution in [2.24, 2.45) is 0 Å². The molecule has 10 heteroatoms. The largest absolute Gasteiger partial charge is 0.416 e. The zero-order chi connectivity index (χ0) is 18.8. The quantitative estimate of drug-likeness (QED) is 0.379. The van der Waals surface area contributed by atoms with E-state index in [1.807, 2.05) is 0 Å². The number of nitrogens with one attached hydrogen (secondary N) is 1. The van der Waals surface area contributed by atoms with E-state index >= 15 is 0 Å². The standard InChI is InChI=1S/C15H10F6N2O2/c16-14(17,18)9-3-8(4-10(5-9)15(19,20)21)13(24)11(6-22)12-7-25-2-1-23-12/h3-5,23H,1-2,7H2/b12-11-. The van der Waals surface area contributed by atoms with E-state index in [2.05, 4.69) is 5.32 Å². The van der Waals surface area contributed by atoms with Gasteiger partial charge in [-0.15, -0.1) is 0 Å². The van der Waals surface area contributed by atoms with Gasteiger partial charge in [-0.2, -0.15) is 31.6 Å². The lowest BCUT2D eigenvalue weighted by Crippen LogP contribution is -2.31. The molecule has 0 radical (unpaired) electrons. The Morgan fingerprint density at radius 3 is 2.04 bits per heavy atom. The summed E-state index contributed by atoms with van der Waals surface area (Å²) >= 11 is 0. The Balaban J connectivity index is 2.57. The molecule has 0 aromatic heterocycles. The number of hydrogen-bond acceptors (Lipinski definition) is 4. The molecule has 0 amide bonds. The fourth-order valence-corrected chi connectivity index (χ4v) is 2.15. The molecular weight excluding hydrogens is 354 g/mol. The van der Waals surface area contributed by atoms with Gasteiger partial charge >= 0.3 is 12.4 Å². The summed E-state index contributed by atoms with van der Waals surface area (Å²) in [5.41, 5.74) is -4.70. The topological polar surface area (TPSA) is 62.1 Å². The normalized spacial score (nSPS) is 17.5. The number of nitrogens with zero attached hydrogens (tertiary/aromatic N) is 1. The molecule has 1 heterocycles. The van der Waals surface area contributed by atoms with Gasteiger partial charge in [0.15, 0.2) is 0 Å². The van der Waals surface area contributed by atoms with Crippen molar-refractivity contribution in [2.45, 2.75) is 12.4 Å². The number of allylic oxidation sites excluding steroid dienone is 1. The molecule has 1 aromatic rings. The Morgan fingerprint density at radius 2 is 1.64 bits per heavy atom. The summed E-state index contributed by atoms with van der Waals surface area (Å²) in [6.45, 7) is 0.377. The van der Waals surface area contributed by atoms with E-state index in [9.17, 15) is 31.1 Å². The molecule has 4 nitrogen and oxygen atoms in total. The van der Waals surface area contributed by atoms with Gasteiger partial charge in [0.1, 0.15) is 11.6 Å². The third-order valence-corrected chi connectivity index (χ3v) is 3.32. The van der Waals surface area contributed by atoms with Crippen LogP contribution in [0, 0.1) is 11.3 Å². The van der Waals surface area contributed by atoms with Crippen LogP contribution in [-0.2, 0) is 17.1 Å². The van der Waals surface area contributed by atoms with E-state index in [1.165, 1.54) is 6.07 Å². The minimum Gasteiger partial charge on any atom is -0.383 e. The maximum absolute atomic E-state index is 12.8. The summed E-state index contributed by atoms with van der Waals surface area (Å²) in [4.78, 5) is 12.3. The molecule has 25 heavy (non-hydrogen) atoms. The van der Waals surface area contributed by atoms with Gasteiger partial charge in [-0.05, 0) is 18.2 Å². The molecule has 0 atom stereocenters. The van der Waals surface area contributed by atoms with Crippen LogP contribution in [0.3, 0.4) is 0 Å². The molecule has 1 saturated heterocycles. The number of nitriles is 1. The summed E-state index contributed by atoms with van der Waals surface area (Å²) < 4.78 is 82.1. The maximum atomic E-state index is 12.8. The highest BCUT2D eigenvalue weighted by atomic mass is 19.4. The van der Waals surface area contributed by atoms with E-state index in [4.69, 9.17) is 10.00 Å². The third kappa shape index (κ3) is 4.30. The highest BCUT2D eigenvalue weighted by Crippen LogP contribution is 2.36. The van der Waals surface area contributed by atoms with Crippen molar-refractivity contribution in [3.05, 3.63) is 46.2 Å². The lowest BCUT2D eigenvalue weighted by molar-refractivity contribution is -0.143. The first-order valence-electron chi connectivity index (χ1n) is 6.83. The van der Waals surface area contributed by atoms with Crippen LogP contribution in [0.15, 0.2) is 29.5 Å². The Labute approximate surface area is 137 Å². The molecule has 2 rings (SSSR count). The van der Waals surface area contributed by atoms with Gasteiger partial charge in [0.25, 0.3) is 0 Å². The highest BCUT2D eigenvalue weighted by Gasteiger charge is 2.38. The number of Topliss-reactive ketones (excluding diaryl/α,β-unsaturated/α-hetero) is 1. The Kier molecular flexibility index (Phi) is 5.08. The van der Waals surface area contributed by atoms with Gasteiger partial charge in [0.05, 0.1) is 30.0 Å². The fourth-order valence-electron chi connectivity index (χ4n) is 2.15. The zero-order valence-corrected chi connectivity index (χ0v) is 12.4. The van der Waals surface area contributed by atoms with Crippen molar-refractivity contribution < 1.29 is 35.9 Å². The first kappa shape index (κ1) is 18.8. The summed E-state index contributed by atoms with van der Waals surface area (Å²) in [5.74, 6) is -1.24. The third-order valence-electron chi connectivity index (χ3n) is 3.32. The van der Waals surface area contributed by atoms with Crippen molar-refractivity contribution in [1.82, 2.24) is 5.32 Å². The molecular formula is C15H10F6N2O2. The number of ketones is 1. The number of carbonyl (C=O) groups excluding carboxylic acids is 1. The number of rotatable bonds is 2. The average Bonchev–Trinajstić information content (AvgIpc) is 2.54. The Hall–Kier alpha value is -2.54. The van der Waals surface area contributed by atoms with Crippen LogP contribution in [-0.4, -0.2) is 25.5 Å². The smallest absolute Gasteiger partial charge is 0.383 e. The van der Waals surface area contributed by atoms with Crippen molar-refractivity contribution in [3.63, 3.8) is 0 Å². The van der Waals surface area contributed by atoms with Crippen LogP contribution < -0.4 is 5.32 Å². The van der Waals surface area contributed by atoms with Gasteiger partial charge < -0.3 is 10.1 Å². The molecule has 134 valence electrons. The van der Waals surface area contributed by atoms with Crippen LogP contribution in [0.5, 0.6) is 0 Å². The summed E-state index contributed by atoms with van der Waals surface area (Å²) in [6, 6.07) is 2.01. The van der Waals surface area contributed by atoms with Crippen LogP contribution in [0.1, 0.15) is 21.5 Å². The van der Waals surface area contributed by atoms with E-state index in [1.54, 1.807) is 0 Å². The Bertz CT molecular complexity index is 719. The molecule has 1 aromatic carbocycles. The molecule has 0 spiro atoms. The van der Waals surface area contributed by atoms with Crippen LogP contribution in [0.4, 0.5) is 26.3 Å². The lowest BCUT2D eigenvalue weighted by atomic mass is 9.97. The van der Waals surface area contributed by atoms with E-state index in [0.717, 1.165) is 0 Å². The summed E-state index contributed by atoms with van der Waals surface area (Å²) in [7, 11) is 0. The van der Waals surface area contributed by atoms with Gasteiger partial charge in [0, 0.05) is 12.1 Å². The van der Waals surface area contributed by atoms with Crippen molar-refractivity contribution >= 4 is 5.78 Å². The zero-order valence-electron chi connectivity index (χ0n) is 12.4. The van der Waals surface area contributed by atoms with Crippen LogP contribution in [0.2, 0.25) is 0 Å². The molecule has 1 fully saturated rings. The fraction of sp³-hybridized carbons (Fsp3) is 0.333. The van der Waals surface area contributed by atoms with Gasteiger partial charge in [-0.25, -0.2) is 0 Å². The molecule has 1 N–H and O–H groups in total. The molecule has 1 aliphatic rings. The highest BCUT2D eigenvalue weighted by molar-refractivity contribution is 6.12. The summed E-state index contributed by atoms with van der Waals surface area (Å²) in [6.07, 6.45) is -10.2. The van der Waals surface area contributed by atoms with E-state index < -0.39 is 40.4 Å². The van der Waals surface area contributed by atoms with Crippen molar-refractivity contribution in [3.8, 4) is 6.07 Å². The summed E-state index contributed by atoms with van der Waals surface area (Å²) in [5, 5.41) is 11.8. The minimum atomic E-state index is -5.08. The monoisotopic (exact) mass is 364 g/mol. The molecule has 0 unspecified atom stereocenters. The first-order valence-corrected chi connectivity index (χ1v) is 6.83. The van der Waals surface area contributed by atoms with Crippen molar-refractivity contribution in [1.29, 1.82) is 5.26 Å². The number of benzene rings is 1. The number of alkyl halides is 6. The Morgan fingerprint density at radius 1 is 1.08 bits per heavy atom. The molecule has 0 bridgehead atoms. The van der Waals surface area contributed by atoms with Crippen LogP contribution in [0.25, 0.3) is 0 Å². The number of morpholine rings is 1.